The van der Waals surface area contributed by atoms with Crippen LogP contribution in [0, 0.1) is 0 Å². The van der Waals surface area contributed by atoms with Gasteiger partial charge in [-0.15, -0.1) is 0 Å². The van der Waals surface area contributed by atoms with E-state index in [9.17, 15) is 9.90 Å². The predicted octanol–water partition coefficient (Wildman–Crippen LogP) is 4.57. The zero-order chi connectivity index (χ0) is 22.2. The van der Waals surface area contributed by atoms with Crippen LogP contribution in [0.1, 0.15) is 43.6 Å². The number of aromatic amines is 2. The van der Waals surface area contributed by atoms with Gasteiger partial charge in [-0.2, -0.15) is 5.10 Å². The van der Waals surface area contributed by atoms with Crippen LogP contribution in [0.4, 0.5) is 0 Å². The lowest BCUT2D eigenvalue weighted by molar-refractivity contribution is -0.132. The number of fused-ring (bicyclic) bond motifs is 2. The van der Waals surface area contributed by atoms with Crippen LogP contribution < -0.4 is 0 Å². The van der Waals surface area contributed by atoms with Gasteiger partial charge in [0.15, 0.2) is 5.82 Å². The molecular formula is C25H27N5O2. The van der Waals surface area contributed by atoms with Gasteiger partial charge in [0.1, 0.15) is 11.4 Å². The van der Waals surface area contributed by atoms with E-state index in [0.29, 0.717) is 19.5 Å². The van der Waals surface area contributed by atoms with Crippen molar-refractivity contribution in [2.45, 2.75) is 46.1 Å². The number of H-pyrrole nitrogens is 2. The quantitative estimate of drug-likeness (QED) is 0.433. The molecule has 0 radical (unpaired) electrons. The van der Waals surface area contributed by atoms with Crippen molar-refractivity contribution in [3.05, 3.63) is 53.3 Å². The van der Waals surface area contributed by atoms with Gasteiger partial charge >= 0.3 is 0 Å². The second-order valence-corrected chi connectivity index (χ2v) is 8.35. The fourth-order valence-electron chi connectivity index (χ4n) is 4.51. The van der Waals surface area contributed by atoms with Crippen LogP contribution in [0.15, 0.2) is 36.4 Å². The van der Waals surface area contributed by atoms with Gasteiger partial charge in [0, 0.05) is 24.8 Å². The minimum atomic E-state index is 0.202. The largest absolute Gasteiger partial charge is 0.508 e. The number of phenols is 1. The number of imidazole rings is 1. The zero-order valence-corrected chi connectivity index (χ0v) is 18.4. The summed E-state index contributed by atoms with van der Waals surface area (Å²) in [6.07, 6.45) is 3.05. The maximum atomic E-state index is 12.3. The molecule has 0 saturated carbocycles. The van der Waals surface area contributed by atoms with Gasteiger partial charge in [0.25, 0.3) is 0 Å². The third-order valence-corrected chi connectivity index (χ3v) is 6.22. The molecule has 0 saturated heterocycles. The van der Waals surface area contributed by atoms with Gasteiger partial charge < -0.3 is 15.0 Å². The summed E-state index contributed by atoms with van der Waals surface area (Å²) >= 11 is 0. The van der Waals surface area contributed by atoms with Gasteiger partial charge in [-0.3, -0.25) is 9.89 Å². The molecule has 164 valence electrons. The molecule has 0 aliphatic carbocycles. The van der Waals surface area contributed by atoms with Crippen LogP contribution in [0.25, 0.3) is 33.5 Å². The Kier molecular flexibility index (Phi) is 5.17. The molecule has 2 aromatic heterocycles. The second-order valence-electron chi connectivity index (χ2n) is 8.35. The number of carbonyl (C=O) groups excluding carboxylic acids is 1. The van der Waals surface area contributed by atoms with Gasteiger partial charge in [-0.25, -0.2) is 4.98 Å². The van der Waals surface area contributed by atoms with Crippen LogP contribution in [0.5, 0.6) is 5.75 Å². The highest BCUT2D eigenvalue weighted by Gasteiger charge is 2.24. The Bertz CT molecular complexity index is 1300. The molecule has 1 aliphatic heterocycles. The molecule has 7 heteroatoms. The van der Waals surface area contributed by atoms with E-state index in [4.69, 9.17) is 4.98 Å². The molecule has 1 amide bonds. The summed E-state index contributed by atoms with van der Waals surface area (Å²) in [7, 11) is 0. The number of rotatable bonds is 5. The maximum absolute atomic E-state index is 12.3. The van der Waals surface area contributed by atoms with Crippen molar-refractivity contribution in [3.63, 3.8) is 0 Å². The molecule has 0 atom stereocenters. The van der Waals surface area contributed by atoms with E-state index in [1.165, 1.54) is 0 Å². The summed E-state index contributed by atoms with van der Waals surface area (Å²) in [4.78, 5) is 22.4. The minimum Gasteiger partial charge on any atom is -0.508 e. The number of aryl methyl sites for hydroxylation is 1. The van der Waals surface area contributed by atoms with Crippen LogP contribution in [-0.2, 0) is 24.2 Å². The number of amides is 1. The van der Waals surface area contributed by atoms with E-state index in [2.05, 4.69) is 40.3 Å². The first kappa shape index (κ1) is 20.3. The zero-order valence-electron chi connectivity index (χ0n) is 18.4. The first-order chi connectivity index (χ1) is 15.6. The molecule has 5 rings (SSSR count). The molecule has 4 aromatic rings. The molecule has 1 aliphatic rings. The average Bonchev–Trinajstić information content (AvgIpc) is 3.41. The van der Waals surface area contributed by atoms with Gasteiger partial charge in [0.05, 0.1) is 23.4 Å². The highest BCUT2D eigenvalue weighted by Crippen LogP contribution is 2.33. The van der Waals surface area contributed by atoms with Crippen molar-refractivity contribution in [1.29, 1.82) is 0 Å². The summed E-state index contributed by atoms with van der Waals surface area (Å²) in [6.45, 7) is 5.41. The highest BCUT2D eigenvalue weighted by atomic mass is 16.3. The monoisotopic (exact) mass is 429 g/mol. The van der Waals surface area contributed by atoms with Gasteiger partial charge in [-0.05, 0) is 53.8 Å². The van der Waals surface area contributed by atoms with E-state index in [0.717, 1.165) is 69.8 Å². The van der Waals surface area contributed by atoms with E-state index >= 15 is 0 Å². The molecule has 3 N–H and O–H groups in total. The van der Waals surface area contributed by atoms with E-state index in [1.807, 2.05) is 24.0 Å². The number of nitrogens with one attached hydrogen (secondary N) is 2. The Balaban J connectivity index is 1.47. The smallest absolute Gasteiger partial charge is 0.222 e. The SMILES string of the molecule is CCCC(=O)N1CCc2nc(-c3n[nH]c4cc(-c5ccc(O)cc5CC)ccc34)[nH]c2C1. The normalized spacial score (nSPS) is 13.5. The third-order valence-electron chi connectivity index (χ3n) is 6.22. The number of aromatic nitrogens is 4. The molecule has 0 spiro atoms. The Morgan fingerprint density at radius 1 is 1.19 bits per heavy atom. The van der Waals surface area contributed by atoms with Crippen molar-refractivity contribution >= 4 is 16.8 Å². The van der Waals surface area contributed by atoms with E-state index in [-0.39, 0.29) is 11.7 Å². The Labute approximate surface area is 186 Å². The third kappa shape index (κ3) is 3.53. The molecule has 0 fully saturated rings. The molecule has 0 unspecified atom stereocenters. The molecule has 3 heterocycles. The summed E-state index contributed by atoms with van der Waals surface area (Å²) in [5, 5.41) is 18.5. The van der Waals surface area contributed by atoms with Gasteiger partial charge in [-0.1, -0.05) is 26.0 Å². The molecule has 32 heavy (non-hydrogen) atoms. The van der Waals surface area contributed by atoms with Crippen molar-refractivity contribution in [1.82, 2.24) is 25.1 Å². The van der Waals surface area contributed by atoms with E-state index < -0.39 is 0 Å². The molecular weight excluding hydrogens is 402 g/mol. The summed E-state index contributed by atoms with van der Waals surface area (Å²) in [5.41, 5.74) is 7.02. The second kappa shape index (κ2) is 8.15. The molecule has 0 bridgehead atoms. The Hall–Kier alpha value is -3.61. The van der Waals surface area contributed by atoms with Crippen LogP contribution in [-0.4, -0.2) is 42.6 Å². The number of hydrogen-bond acceptors (Lipinski definition) is 4. The number of aromatic hydroxyl groups is 1. The summed E-state index contributed by atoms with van der Waals surface area (Å²) in [6, 6.07) is 11.7. The van der Waals surface area contributed by atoms with Crippen molar-refractivity contribution in [2.24, 2.45) is 0 Å². The lowest BCUT2D eigenvalue weighted by Crippen LogP contribution is -2.35. The molecule has 7 nitrogen and oxygen atoms in total. The van der Waals surface area contributed by atoms with Crippen molar-refractivity contribution in [2.75, 3.05) is 6.54 Å². The van der Waals surface area contributed by atoms with Crippen molar-refractivity contribution < 1.29 is 9.90 Å². The Morgan fingerprint density at radius 3 is 2.88 bits per heavy atom. The number of nitrogens with zero attached hydrogens (tertiary/aromatic N) is 3. The highest BCUT2D eigenvalue weighted by molar-refractivity contribution is 5.94. The topological polar surface area (TPSA) is 97.9 Å². The number of carbonyl (C=O) groups is 1. The van der Waals surface area contributed by atoms with Crippen LogP contribution >= 0.6 is 0 Å². The minimum absolute atomic E-state index is 0.202. The Morgan fingerprint density at radius 2 is 2.06 bits per heavy atom. The lowest BCUT2D eigenvalue weighted by Gasteiger charge is -2.26. The first-order valence-corrected chi connectivity index (χ1v) is 11.2. The van der Waals surface area contributed by atoms with Crippen LogP contribution in [0.3, 0.4) is 0 Å². The van der Waals surface area contributed by atoms with Gasteiger partial charge in [0.2, 0.25) is 5.91 Å². The first-order valence-electron chi connectivity index (χ1n) is 11.2. The van der Waals surface area contributed by atoms with Crippen LogP contribution in [0.2, 0.25) is 0 Å². The number of hydrogen-bond donors (Lipinski definition) is 3. The van der Waals surface area contributed by atoms with E-state index in [1.54, 1.807) is 6.07 Å². The lowest BCUT2D eigenvalue weighted by atomic mass is 9.97. The van der Waals surface area contributed by atoms with Crippen molar-refractivity contribution in [3.8, 4) is 28.4 Å². The standard InChI is InChI=1S/C25H27N5O2/c1-3-5-23(32)30-11-10-20-22(14-30)27-25(26-20)24-19-8-6-16(13-21(19)28-29-24)18-9-7-17(31)12-15(18)4-2/h6-9,12-13,31H,3-5,10-11,14H2,1-2H3,(H,26,27)(H,28,29). The average molecular weight is 430 g/mol. The number of benzene rings is 2. The number of phenolic OH excluding ortho intramolecular Hbond substituents is 1. The fraction of sp³-hybridized carbons (Fsp3) is 0.320. The fourth-order valence-corrected chi connectivity index (χ4v) is 4.51. The maximum Gasteiger partial charge on any atom is 0.222 e. The summed E-state index contributed by atoms with van der Waals surface area (Å²) < 4.78 is 0. The summed E-state index contributed by atoms with van der Waals surface area (Å²) in [5.74, 6) is 1.22. The molecule has 2 aromatic carbocycles. The predicted molar refractivity (Wildman–Crippen MR) is 124 cm³/mol.